The highest BCUT2D eigenvalue weighted by Crippen LogP contribution is 2.43. The van der Waals surface area contributed by atoms with Crippen molar-refractivity contribution in [1.29, 1.82) is 0 Å². The standard InChI is InChI=1S/C48H80O14P2/c1-3-5-7-9-11-13-15-17-18-19-20-21-22-24-26-28-30-32-34-38-47(51)58-42-46(43-61-64(56,57)60-41-45(50)40-59-63(53,54)55)62-48(52)39-35-37-44(49)36-33-31-29-27-25-23-16-14-12-10-8-6-4-2/h11-14,17-18,20-21,23-26,29,31,33,36,44-46,49-50H,3-10,15-16,19,22,27-28,30,32,34-35,37-43H2,1-2H3,(H,56,57)(H2,53,54,55)/b13-11-,14-12-,18-17-,21-20-,25-23-,26-24-,31-29-,36-33+/t44-,45-,46+/m0/s1. The number of carbonyl (C=O) groups is 2. The van der Waals surface area contributed by atoms with E-state index in [9.17, 15) is 33.8 Å². The minimum atomic E-state index is -4.89. The van der Waals surface area contributed by atoms with Crippen molar-refractivity contribution in [2.75, 3.05) is 26.4 Å². The van der Waals surface area contributed by atoms with Gasteiger partial charge in [0.1, 0.15) is 12.7 Å². The van der Waals surface area contributed by atoms with Gasteiger partial charge in [-0.05, 0) is 89.9 Å². The first kappa shape index (κ1) is 61.0. The van der Waals surface area contributed by atoms with Crippen molar-refractivity contribution < 1.29 is 66.7 Å². The van der Waals surface area contributed by atoms with Gasteiger partial charge < -0.3 is 34.4 Å². The molecule has 0 saturated carbocycles. The fourth-order valence-electron chi connectivity index (χ4n) is 5.49. The fourth-order valence-corrected chi connectivity index (χ4v) is 6.65. The zero-order valence-corrected chi connectivity index (χ0v) is 40.2. The Balaban J connectivity index is 4.75. The zero-order valence-electron chi connectivity index (χ0n) is 38.5. The molecule has 14 nitrogen and oxygen atoms in total. The number of carbonyl (C=O) groups excluding carboxylic acids is 2. The number of esters is 2. The molecule has 0 aromatic carbocycles. The summed E-state index contributed by atoms with van der Waals surface area (Å²) in [5, 5.41) is 20.1. The van der Waals surface area contributed by atoms with Crippen LogP contribution < -0.4 is 0 Å². The average Bonchev–Trinajstić information content (AvgIpc) is 3.25. The van der Waals surface area contributed by atoms with E-state index in [0.717, 1.165) is 64.2 Å². The van der Waals surface area contributed by atoms with Crippen molar-refractivity contribution in [3.63, 3.8) is 0 Å². The quantitative estimate of drug-likeness (QED) is 0.0127. The lowest BCUT2D eigenvalue weighted by Crippen LogP contribution is -2.30. The largest absolute Gasteiger partial charge is 0.472 e. The number of phosphoric ester groups is 2. The van der Waals surface area contributed by atoms with E-state index in [1.165, 1.54) is 38.5 Å². The molecule has 0 aliphatic carbocycles. The van der Waals surface area contributed by atoms with E-state index >= 15 is 0 Å². The van der Waals surface area contributed by atoms with Crippen molar-refractivity contribution in [3.8, 4) is 0 Å². The highest BCUT2D eigenvalue weighted by atomic mass is 31.2. The van der Waals surface area contributed by atoms with Crippen LogP contribution in [0, 0.1) is 0 Å². The van der Waals surface area contributed by atoms with Gasteiger partial charge in [-0.25, -0.2) is 9.13 Å². The monoisotopic (exact) mass is 943 g/mol. The van der Waals surface area contributed by atoms with Gasteiger partial charge in [-0.1, -0.05) is 143 Å². The molecule has 0 amide bonds. The summed E-state index contributed by atoms with van der Waals surface area (Å²) in [6, 6.07) is 0. The van der Waals surface area contributed by atoms with Gasteiger partial charge in [0.25, 0.3) is 0 Å². The summed E-state index contributed by atoms with van der Waals surface area (Å²) in [6.07, 6.45) is 47.1. The number of allylic oxidation sites excluding steroid dienone is 15. The van der Waals surface area contributed by atoms with Crippen LogP contribution in [0.5, 0.6) is 0 Å². The molecule has 0 aliphatic rings. The number of phosphoric acid groups is 2. The Hall–Kier alpha value is -3.00. The van der Waals surface area contributed by atoms with Gasteiger partial charge in [0.15, 0.2) is 6.10 Å². The molecule has 1 unspecified atom stereocenters. The second kappa shape index (κ2) is 42.6. The summed E-state index contributed by atoms with van der Waals surface area (Å²) >= 11 is 0. The Morgan fingerprint density at radius 1 is 0.516 bits per heavy atom. The number of hydrogen-bond donors (Lipinski definition) is 5. The lowest BCUT2D eigenvalue weighted by atomic mass is 10.1. The Morgan fingerprint density at radius 2 is 0.984 bits per heavy atom. The SMILES string of the molecule is CCCCC/C=C\C/C=C\C/C=C\C=C\[C@H](O)CCCC(=O)O[C@H](COC(=O)CCCCC/C=C\C/C=C\C/C=C\C/C=C\CCCCC)COP(=O)(O)OC[C@@H](O)COP(=O)(O)O. The molecule has 0 aromatic heterocycles. The molecular formula is C48H80O14P2. The summed E-state index contributed by atoms with van der Waals surface area (Å²) in [6.45, 7) is 1.43. The van der Waals surface area contributed by atoms with E-state index in [-0.39, 0.29) is 25.7 Å². The maximum absolute atomic E-state index is 12.7. The maximum Gasteiger partial charge on any atom is 0.472 e. The smallest absolute Gasteiger partial charge is 0.462 e. The van der Waals surface area contributed by atoms with Crippen molar-refractivity contribution in [3.05, 3.63) is 97.2 Å². The third kappa shape index (κ3) is 45.6. The number of ether oxygens (including phenoxy) is 2. The van der Waals surface area contributed by atoms with E-state index in [4.69, 9.17) is 23.8 Å². The summed E-state index contributed by atoms with van der Waals surface area (Å²) in [5.74, 6) is -1.28. The average molecular weight is 943 g/mol. The zero-order chi connectivity index (χ0) is 47.4. The minimum absolute atomic E-state index is 0.110. The van der Waals surface area contributed by atoms with Crippen LogP contribution in [0.2, 0.25) is 0 Å². The molecular weight excluding hydrogens is 862 g/mol. The third-order valence-corrected chi connectivity index (χ3v) is 10.5. The molecule has 0 radical (unpaired) electrons. The lowest BCUT2D eigenvalue weighted by molar-refractivity contribution is -0.161. The Bertz CT molecular complexity index is 1510. The lowest BCUT2D eigenvalue weighted by Gasteiger charge is -2.20. The Morgan fingerprint density at radius 3 is 1.52 bits per heavy atom. The van der Waals surface area contributed by atoms with E-state index < -0.39 is 72.3 Å². The van der Waals surface area contributed by atoms with E-state index in [1.54, 1.807) is 12.2 Å². The van der Waals surface area contributed by atoms with Crippen molar-refractivity contribution in [2.24, 2.45) is 0 Å². The first-order valence-electron chi connectivity index (χ1n) is 23.0. The summed E-state index contributed by atoms with van der Waals surface area (Å²) in [5.41, 5.74) is 0. The molecule has 366 valence electrons. The highest BCUT2D eigenvalue weighted by molar-refractivity contribution is 7.47. The number of unbranched alkanes of at least 4 members (excludes halogenated alkanes) is 9. The van der Waals surface area contributed by atoms with Crippen LogP contribution in [-0.2, 0) is 41.8 Å². The van der Waals surface area contributed by atoms with Crippen LogP contribution in [-0.4, -0.2) is 81.6 Å². The number of rotatable bonds is 42. The van der Waals surface area contributed by atoms with E-state index in [0.29, 0.717) is 6.42 Å². The van der Waals surface area contributed by atoms with Gasteiger partial charge in [-0.2, -0.15) is 0 Å². The van der Waals surface area contributed by atoms with Gasteiger partial charge in [0, 0.05) is 12.8 Å². The summed E-state index contributed by atoms with van der Waals surface area (Å²) < 4.78 is 47.6. The first-order chi connectivity index (χ1) is 30.8. The Kier molecular flexibility index (Phi) is 40.6. The van der Waals surface area contributed by atoms with Crippen molar-refractivity contribution >= 4 is 27.6 Å². The molecule has 5 N–H and O–H groups in total. The Labute approximate surface area is 383 Å². The predicted octanol–water partition coefficient (Wildman–Crippen LogP) is 11.1. The van der Waals surface area contributed by atoms with Crippen LogP contribution in [0.3, 0.4) is 0 Å². The van der Waals surface area contributed by atoms with Gasteiger partial charge in [0.2, 0.25) is 0 Å². The molecule has 16 heteroatoms. The summed E-state index contributed by atoms with van der Waals surface area (Å²) in [7, 11) is -9.77. The molecule has 0 spiro atoms. The fraction of sp³-hybridized carbons (Fsp3) is 0.625. The van der Waals surface area contributed by atoms with E-state index in [1.807, 2.05) is 12.2 Å². The van der Waals surface area contributed by atoms with Crippen LogP contribution in [0.4, 0.5) is 0 Å². The third-order valence-electron chi connectivity index (χ3n) is 9.04. The molecule has 0 aliphatic heterocycles. The second-order valence-electron chi connectivity index (χ2n) is 15.2. The van der Waals surface area contributed by atoms with Crippen LogP contribution in [0.1, 0.15) is 149 Å². The minimum Gasteiger partial charge on any atom is -0.462 e. The van der Waals surface area contributed by atoms with Crippen LogP contribution >= 0.6 is 15.6 Å². The number of hydrogen-bond acceptors (Lipinski definition) is 11. The second-order valence-corrected chi connectivity index (χ2v) is 17.9. The normalized spacial score (nSPS) is 15.3. The molecule has 0 fully saturated rings. The summed E-state index contributed by atoms with van der Waals surface area (Å²) in [4.78, 5) is 52.8. The van der Waals surface area contributed by atoms with Gasteiger partial charge in [-0.3, -0.25) is 23.2 Å². The van der Waals surface area contributed by atoms with Crippen molar-refractivity contribution in [1.82, 2.24) is 0 Å². The number of aliphatic hydroxyl groups excluding tert-OH is 2. The van der Waals surface area contributed by atoms with Crippen LogP contribution in [0.25, 0.3) is 0 Å². The molecule has 64 heavy (non-hydrogen) atoms. The van der Waals surface area contributed by atoms with Crippen LogP contribution in [0.15, 0.2) is 97.2 Å². The molecule has 0 bridgehead atoms. The molecule has 0 rings (SSSR count). The maximum atomic E-state index is 12.7. The van der Waals surface area contributed by atoms with Gasteiger partial charge >= 0.3 is 27.6 Å². The first-order valence-corrected chi connectivity index (χ1v) is 26.1. The molecule has 4 atom stereocenters. The highest BCUT2D eigenvalue weighted by Gasteiger charge is 2.28. The molecule has 0 heterocycles. The van der Waals surface area contributed by atoms with Crippen molar-refractivity contribution in [2.45, 2.75) is 167 Å². The number of aliphatic hydroxyl groups is 2. The van der Waals surface area contributed by atoms with Gasteiger partial charge in [-0.15, -0.1) is 0 Å². The topological polar surface area (TPSA) is 216 Å². The van der Waals surface area contributed by atoms with E-state index in [2.05, 4.69) is 95.8 Å². The molecule has 0 aromatic rings. The predicted molar refractivity (Wildman–Crippen MR) is 254 cm³/mol. The van der Waals surface area contributed by atoms with Gasteiger partial charge in [0.05, 0.1) is 25.9 Å². The molecule has 0 saturated heterocycles.